The van der Waals surface area contributed by atoms with Crippen molar-refractivity contribution < 1.29 is 48.3 Å². The Morgan fingerprint density at radius 1 is 0.905 bits per heavy atom. The van der Waals surface area contributed by atoms with Gasteiger partial charge in [-0.05, 0) is 79.4 Å². The number of benzene rings is 3. The predicted octanol–water partition coefficient (Wildman–Crippen LogP) is 2.96. The van der Waals surface area contributed by atoms with Crippen molar-refractivity contribution in [1.82, 2.24) is 0 Å². The van der Waals surface area contributed by atoms with Gasteiger partial charge in [-0.3, -0.25) is 9.59 Å². The average molecular weight is 584 g/mol. The van der Waals surface area contributed by atoms with E-state index in [1.807, 2.05) is 0 Å². The molecule has 9 nitrogen and oxygen atoms in total. The third-order valence-electron chi connectivity index (χ3n) is 7.77. The standard InChI is InChI=1S/C31H31F2NO8/c1-16(35)29-27(38)26(37)28(39)31(42-29)41-22-12-4-18(5-13-22)25-23(14-15-24(36)17-2-6-19(32)7-3-17)30(40)34(25)21-10-8-20(33)9-11-21/h2-13,23-29,31,36-39H,14-15H2,1H3/t23-,24+,25-,26+,27+,28-,29-,31-/m1/s1. The van der Waals surface area contributed by atoms with Gasteiger partial charge in [0.25, 0.3) is 0 Å². The Hall–Kier alpha value is -3.74. The summed E-state index contributed by atoms with van der Waals surface area (Å²) in [6, 6.07) is 17.1. The lowest BCUT2D eigenvalue weighted by atomic mass is 9.78. The molecule has 222 valence electrons. The summed E-state index contributed by atoms with van der Waals surface area (Å²) in [4.78, 5) is 26.7. The summed E-state index contributed by atoms with van der Waals surface area (Å²) in [5.41, 5.74) is 1.76. The van der Waals surface area contributed by atoms with Gasteiger partial charge in [-0.15, -0.1) is 0 Å². The molecule has 0 saturated carbocycles. The molecule has 5 rings (SSSR count). The fourth-order valence-electron chi connectivity index (χ4n) is 5.45. The molecule has 4 N–H and O–H groups in total. The summed E-state index contributed by atoms with van der Waals surface area (Å²) >= 11 is 0. The molecule has 0 bridgehead atoms. The zero-order chi connectivity index (χ0) is 30.1. The number of hydrogen-bond donors (Lipinski definition) is 4. The molecule has 11 heteroatoms. The Labute approximate surface area is 240 Å². The van der Waals surface area contributed by atoms with E-state index in [2.05, 4.69) is 0 Å². The SMILES string of the molecule is CC(=O)[C@H]1O[C@@H](Oc2ccc([C@@H]3[C@@H](CC[C@H](O)c4ccc(F)cc4)C(=O)N3c3ccc(F)cc3)cc2)[C@H](O)[C@@H](O)[C@@H]1O. The Bertz CT molecular complexity index is 1400. The molecular weight excluding hydrogens is 552 g/mol. The van der Waals surface area contributed by atoms with E-state index in [1.165, 1.54) is 55.5 Å². The van der Waals surface area contributed by atoms with Crippen LogP contribution in [0.25, 0.3) is 0 Å². The van der Waals surface area contributed by atoms with Crippen molar-refractivity contribution in [1.29, 1.82) is 0 Å². The number of carbonyl (C=O) groups is 2. The summed E-state index contributed by atoms with van der Waals surface area (Å²) in [7, 11) is 0. The first kappa shape index (κ1) is 29.7. The zero-order valence-electron chi connectivity index (χ0n) is 22.6. The lowest BCUT2D eigenvalue weighted by Gasteiger charge is -2.48. The van der Waals surface area contributed by atoms with Crippen LogP contribution in [0.3, 0.4) is 0 Å². The lowest BCUT2D eigenvalue weighted by molar-refractivity contribution is -0.265. The van der Waals surface area contributed by atoms with Crippen molar-refractivity contribution >= 4 is 17.4 Å². The maximum atomic E-state index is 13.6. The van der Waals surface area contributed by atoms with Gasteiger partial charge in [-0.2, -0.15) is 0 Å². The number of β-lactam (4-membered cyclic amide) rings is 1. The Morgan fingerprint density at radius 2 is 1.50 bits per heavy atom. The maximum Gasteiger partial charge on any atom is 0.233 e. The highest BCUT2D eigenvalue weighted by Gasteiger charge is 2.49. The number of aliphatic hydroxyl groups is 4. The van der Waals surface area contributed by atoms with Gasteiger partial charge >= 0.3 is 0 Å². The quantitative estimate of drug-likeness (QED) is 0.283. The number of nitrogens with zero attached hydrogens (tertiary/aromatic N) is 1. The van der Waals surface area contributed by atoms with Gasteiger partial charge in [-0.25, -0.2) is 8.78 Å². The molecular formula is C31H31F2NO8. The number of aliphatic hydroxyl groups excluding tert-OH is 4. The summed E-state index contributed by atoms with van der Waals surface area (Å²) in [6.45, 7) is 1.19. The summed E-state index contributed by atoms with van der Waals surface area (Å²) < 4.78 is 38.0. The second kappa shape index (κ2) is 12.2. The third kappa shape index (κ3) is 5.92. The number of amides is 1. The highest BCUT2D eigenvalue weighted by molar-refractivity contribution is 6.03. The lowest BCUT2D eigenvalue weighted by Crippen LogP contribution is -2.60. The summed E-state index contributed by atoms with van der Waals surface area (Å²) in [6.07, 6.45) is -8.00. The fourth-order valence-corrected chi connectivity index (χ4v) is 5.45. The molecule has 2 saturated heterocycles. The van der Waals surface area contributed by atoms with Crippen LogP contribution in [0.4, 0.5) is 14.5 Å². The van der Waals surface area contributed by atoms with Gasteiger partial charge in [-0.1, -0.05) is 24.3 Å². The number of hydrogen-bond acceptors (Lipinski definition) is 8. The Kier molecular flexibility index (Phi) is 8.67. The van der Waals surface area contributed by atoms with Crippen molar-refractivity contribution in [2.75, 3.05) is 4.90 Å². The first-order valence-corrected chi connectivity index (χ1v) is 13.5. The highest BCUT2D eigenvalue weighted by Crippen LogP contribution is 2.46. The van der Waals surface area contributed by atoms with Gasteiger partial charge in [0.05, 0.1) is 18.1 Å². The van der Waals surface area contributed by atoms with E-state index in [0.29, 0.717) is 17.7 Å². The topological polar surface area (TPSA) is 137 Å². The van der Waals surface area contributed by atoms with Crippen molar-refractivity contribution in [2.24, 2.45) is 5.92 Å². The predicted molar refractivity (Wildman–Crippen MR) is 145 cm³/mol. The van der Waals surface area contributed by atoms with Crippen molar-refractivity contribution in [3.05, 3.63) is 95.6 Å². The van der Waals surface area contributed by atoms with E-state index in [0.717, 1.165) is 5.56 Å². The average Bonchev–Trinajstić information content (AvgIpc) is 2.97. The Balaban J connectivity index is 1.34. The second-order valence-electron chi connectivity index (χ2n) is 10.6. The van der Waals surface area contributed by atoms with Gasteiger partial charge < -0.3 is 34.8 Å². The summed E-state index contributed by atoms with van der Waals surface area (Å²) in [5, 5.41) is 41.1. The van der Waals surface area contributed by atoms with E-state index in [1.54, 1.807) is 29.2 Å². The first-order chi connectivity index (χ1) is 20.0. The van der Waals surface area contributed by atoms with Crippen LogP contribution in [0.1, 0.15) is 43.0 Å². The number of Topliss-reactive ketones (excluding diaryl/α,β-unsaturated/α-hetero) is 1. The van der Waals surface area contributed by atoms with Crippen molar-refractivity contribution in [3.63, 3.8) is 0 Å². The van der Waals surface area contributed by atoms with E-state index < -0.39 is 66.2 Å². The number of ether oxygens (including phenoxy) is 2. The molecule has 2 heterocycles. The van der Waals surface area contributed by atoms with Gasteiger partial charge in [0.2, 0.25) is 12.2 Å². The van der Waals surface area contributed by atoms with E-state index >= 15 is 0 Å². The Morgan fingerprint density at radius 3 is 2.10 bits per heavy atom. The van der Waals surface area contributed by atoms with Gasteiger partial charge in [0, 0.05) is 5.69 Å². The molecule has 0 radical (unpaired) electrons. The van der Waals surface area contributed by atoms with Crippen LogP contribution in [-0.4, -0.2) is 62.8 Å². The van der Waals surface area contributed by atoms with Crippen LogP contribution in [0.5, 0.6) is 5.75 Å². The molecule has 0 aromatic heterocycles. The van der Waals surface area contributed by atoms with Crippen LogP contribution >= 0.6 is 0 Å². The minimum atomic E-state index is -1.66. The molecule has 3 aromatic carbocycles. The molecule has 2 aliphatic rings. The van der Waals surface area contributed by atoms with E-state index in [9.17, 15) is 38.8 Å². The maximum absolute atomic E-state index is 13.6. The molecule has 2 aliphatic heterocycles. The third-order valence-corrected chi connectivity index (χ3v) is 7.77. The number of carbonyl (C=O) groups excluding carboxylic acids is 2. The molecule has 3 aromatic rings. The molecule has 8 atom stereocenters. The summed E-state index contributed by atoms with van der Waals surface area (Å²) in [5.74, 6) is -1.87. The monoisotopic (exact) mass is 583 g/mol. The van der Waals surface area contributed by atoms with E-state index in [-0.39, 0.29) is 18.1 Å². The van der Waals surface area contributed by atoms with Crippen LogP contribution < -0.4 is 9.64 Å². The van der Waals surface area contributed by atoms with Crippen molar-refractivity contribution in [3.8, 4) is 5.75 Å². The number of halogens is 2. The highest BCUT2D eigenvalue weighted by atomic mass is 19.1. The van der Waals surface area contributed by atoms with Gasteiger partial charge in [0.15, 0.2) is 5.78 Å². The van der Waals surface area contributed by atoms with Crippen molar-refractivity contribution in [2.45, 2.75) is 62.6 Å². The minimum absolute atomic E-state index is 0.195. The minimum Gasteiger partial charge on any atom is -0.462 e. The molecule has 2 fully saturated rings. The largest absolute Gasteiger partial charge is 0.462 e. The molecule has 42 heavy (non-hydrogen) atoms. The number of anilines is 1. The van der Waals surface area contributed by atoms with E-state index in [4.69, 9.17) is 9.47 Å². The van der Waals surface area contributed by atoms with Gasteiger partial charge in [0.1, 0.15) is 41.8 Å². The first-order valence-electron chi connectivity index (χ1n) is 13.5. The van der Waals surface area contributed by atoms with Crippen LogP contribution in [0.15, 0.2) is 72.8 Å². The van der Waals surface area contributed by atoms with Crippen LogP contribution in [-0.2, 0) is 14.3 Å². The molecule has 0 unspecified atom stereocenters. The fraction of sp³-hybridized carbons (Fsp3) is 0.355. The zero-order valence-corrected chi connectivity index (χ0v) is 22.6. The smallest absolute Gasteiger partial charge is 0.233 e. The normalized spacial score (nSPS) is 28.2. The second-order valence-corrected chi connectivity index (χ2v) is 10.6. The number of rotatable bonds is 9. The van der Waals surface area contributed by atoms with Crippen LogP contribution in [0, 0.1) is 17.6 Å². The van der Waals surface area contributed by atoms with Crippen LogP contribution in [0.2, 0.25) is 0 Å². The molecule has 0 spiro atoms. The molecule has 1 amide bonds. The molecule has 0 aliphatic carbocycles. The number of ketones is 1.